The maximum absolute atomic E-state index is 12.6. The van der Waals surface area contributed by atoms with E-state index >= 15 is 0 Å². The Hall–Kier alpha value is -0.970. The first-order valence-electron chi connectivity index (χ1n) is 8.73. The van der Waals surface area contributed by atoms with Crippen LogP contribution in [0.1, 0.15) is 25.1 Å². The molecule has 1 aromatic rings. The lowest BCUT2D eigenvalue weighted by Gasteiger charge is -2.48. The Balaban J connectivity index is 2.62. The third kappa shape index (κ3) is 4.55. The topological polar surface area (TPSA) is 88.4 Å². The molecule has 1 aliphatic heterocycles. The summed E-state index contributed by atoms with van der Waals surface area (Å²) in [7, 11) is 4.65. The number of aliphatic hydroxyl groups excluding tert-OH is 1. The Morgan fingerprint density at radius 1 is 1.26 bits per heavy atom. The van der Waals surface area contributed by atoms with Crippen molar-refractivity contribution in [2.75, 3.05) is 47.9 Å². The Kier molecular flexibility index (Phi) is 8.26. The molecule has 3 atom stereocenters. The van der Waals surface area contributed by atoms with Gasteiger partial charge in [-0.15, -0.1) is 0 Å². The maximum Gasteiger partial charge on any atom is 0.237 e. The predicted octanol–water partition coefficient (Wildman–Crippen LogP) is 1.71. The van der Waals surface area contributed by atoms with E-state index in [9.17, 15) is 9.90 Å². The van der Waals surface area contributed by atoms with Crippen molar-refractivity contribution in [3.63, 3.8) is 0 Å². The number of hydrogen-bond acceptors (Lipinski definition) is 7. The van der Waals surface area contributed by atoms with Crippen LogP contribution in [0, 0.1) is 5.41 Å². The minimum Gasteiger partial charge on any atom is -0.491 e. The van der Waals surface area contributed by atoms with Crippen LogP contribution in [-0.4, -0.2) is 63.7 Å². The number of halogens is 1. The standard InChI is InChI=1S/C18H28BrNO7/c1-18(5-7-23-2)13(26-8-6-21)10-20-9-12(19)15(22)16(25-4)14(20)17(18)27-11-24-3/h9,13,17,21H,5-8,10-11H2,1-4H3. The second-order valence-corrected chi connectivity index (χ2v) is 7.52. The van der Waals surface area contributed by atoms with Crippen molar-refractivity contribution in [3.8, 4) is 5.75 Å². The molecule has 0 bridgehead atoms. The number of hydrogen-bond donors (Lipinski definition) is 1. The molecule has 0 aliphatic carbocycles. The number of aromatic nitrogens is 1. The zero-order valence-corrected chi connectivity index (χ0v) is 17.8. The second-order valence-electron chi connectivity index (χ2n) is 6.66. The van der Waals surface area contributed by atoms with Crippen molar-refractivity contribution < 1.29 is 28.8 Å². The molecule has 1 aliphatic rings. The van der Waals surface area contributed by atoms with Crippen LogP contribution in [0.15, 0.2) is 15.5 Å². The fraction of sp³-hybridized carbons (Fsp3) is 0.722. The van der Waals surface area contributed by atoms with Crippen molar-refractivity contribution in [1.82, 2.24) is 4.57 Å². The number of fused-ring (bicyclic) bond motifs is 1. The van der Waals surface area contributed by atoms with Crippen LogP contribution >= 0.6 is 15.9 Å². The van der Waals surface area contributed by atoms with Gasteiger partial charge in [0, 0.05) is 39.0 Å². The first-order chi connectivity index (χ1) is 12.9. The first-order valence-corrected chi connectivity index (χ1v) is 9.52. The molecular weight excluding hydrogens is 422 g/mol. The molecule has 0 saturated heterocycles. The summed E-state index contributed by atoms with van der Waals surface area (Å²) in [4.78, 5) is 12.6. The summed E-state index contributed by atoms with van der Waals surface area (Å²) >= 11 is 3.30. The quantitative estimate of drug-likeness (QED) is 0.543. The molecule has 0 saturated carbocycles. The van der Waals surface area contributed by atoms with Crippen LogP contribution in [0.5, 0.6) is 5.75 Å². The highest BCUT2D eigenvalue weighted by Crippen LogP contribution is 2.49. The molecule has 2 rings (SSSR count). The molecule has 2 heterocycles. The summed E-state index contributed by atoms with van der Waals surface area (Å²) in [6, 6.07) is 0. The average molecular weight is 450 g/mol. The third-order valence-corrected chi connectivity index (χ3v) is 5.56. The van der Waals surface area contributed by atoms with Gasteiger partial charge in [-0.25, -0.2) is 0 Å². The lowest BCUT2D eigenvalue weighted by atomic mass is 9.72. The summed E-state index contributed by atoms with van der Waals surface area (Å²) in [6.07, 6.45) is 1.55. The molecule has 27 heavy (non-hydrogen) atoms. The average Bonchev–Trinajstić information content (AvgIpc) is 2.66. The molecule has 0 aromatic carbocycles. The highest BCUT2D eigenvalue weighted by atomic mass is 79.9. The van der Waals surface area contributed by atoms with Gasteiger partial charge in [-0.3, -0.25) is 4.79 Å². The van der Waals surface area contributed by atoms with E-state index in [1.807, 2.05) is 11.5 Å². The Morgan fingerprint density at radius 3 is 2.59 bits per heavy atom. The zero-order chi connectivity index (χ0) is 20.0. The van der Waals surface area contributed by atoms with Gasteiger partial charge in [-0.1, -0.05) is 6.92 Å². The van der Waals surface area contributed by atoms with Crippen LogP contribution in [0.3, 0.4) is 0 Å². The van der Waals surface area contributed by atoms with Gasteiger partial charge in [0.15, 0.2) is 5.75 Å². The predicted molar refractivity (Wildman–Crippen MR) is 102 cm³/mol. The van der Waals surface area contributed by atoms with Crippen molar-refractivity contribution in [2.24, 2.45) is 5.41 Å². The minimum absolute atomic E-state index is 0.0490. The molecule has 0 fully saturated rings. The van der Waals surface area contributed by atoms with Gasteiger partial charge < -0.3 is 33.4 Å². The highest BCUT2D eigenvalue weighted by molar-refractivity contribution is 9.10. The monoisotopic (exact) mass is 449 g/mol. The molecule has 8 nitrogen and oxygen atoms in total. The normalized spacial score (nSPS) is 24.7. The van der Waals surface area contributed by atoms with E-state index in [4.69, 9.17) is 23.7 Å². The summed E-state index contributed by atoms with van der Waals surface area (Å²) < 4.78 is 30.2. The Labute approximate surface area is 167 Å². The van der Waals surface area contributed by atoms with E-state index < -0.39 is 11.5 Å². The van der Waals surface area contributed by atoms with E-state index in [1.165, 1.54) is 7.11 Å². The lowest BCUT2D eigenvalue weighted by Crippen LogP contribution is -2.50. The Morgan fingerprint density at radius 2 is 2.00 bits per heavy atom. The van der Waals surface area contributed by atoms with Gasteiger partial charge in [0.25, 0.3) is 0 Å². The van der Waals surface area contributed by atoms with Gasteiger partial charge in [0.2, 0.25) is 5.43 Å². The van der Waals surface area contributed by atoms with Crippen molar-refractivity contribution in [3.05, 3.63) is 26.6 Å². The van der Waals surface area contributed by atoms with Crippen LogP contribution in [0.2, 0.25) is 0 Å². The van der Waals surface area contributed by atoms with Crippen molar-refractivity contribution in [1.29, 1.82) is 0 Å². The maximum atomic E-state index is 12.6. The molecule has 0 spiro atoms. The minimum atomic E-state index is -0.530. The summed E-state index contributed by atoms with van der Waals surface area (Å²) in [5.41, 5.74) is -0.124. The number of nitrogens with zero attached hydrogens (tertiary/aromatic N) is 1. The number of methoxy groups -OCH3 is 3. The van der Waals surface area contributed by atoms with E-state index in [0.29, 0.717) is 29.7 Å². The summed E-state index contributed by atoms with van der Waals surface area (Å²) in [5.74, 6) is 0.231. The highest BCUT2D eigenvalue weighted by Gasteiger charge is 2.50. The largest absolute Gasteiger partial charge is 0.491 e. The van der Waals surface area contributed by atoms with Gasteiger partial charge >= 0.3 is 0 Å². The lowest BCUT2D eigenvalue weighted by molar-refractivity contribution is -0.184. The number of rotatable bonds is 10. The smallest absolute Gasteiger partial charge is 0.237 e. The number of pyridine rings is 1. The fourth-order valence-electron chi connectivity index (χ4n) is 3.56. The molecule has 0 radical (unpaired) electrons. The SMILES string of the molecule is COCCC1(C)C(OCCO)Cn2cc(Br)c(=O)c(OC)c2C1OCOC. The number of aliphatic hydroxyl groups is 1. The van der Waals surface area contributed by atoms with E-state index in [0.717, 1.165) is 0 Å². The van der Waals surface area contributed by atoms with Crippen LogP contribution in [-0.2, 0) is 25.5 Å². The third-order valence-electron chi connectivity index (χ3n) is 4.99. The zero-order valence-electron chi connectivity index (χ0n) is 16.2. The van der Waals surface area contributed by atoms with Gasteiger partial charge in [0.05, 0.1) is 36.6 Å². The summed E-state index contributed by atoms with van der Waals surface area (Å²) in [5, 5.41) is 9.23. The van der Waals surface area contributed by atoms with Crippen LogP contribution in [0.25, 0.3) is 0 Å². The van der Waals surface area contributed by atoms with E-state index in [2.05, 4.69) is 15.9 Å². The molecular formula is C18H28BrNO7. The first kappa shape index (κ1) is 22.3. The van der Waals surface area contributed by atoms with Crippen LogP contribution in [0.4, 0.5) is 0 Å². The molecule has 9 heteroatoms. The van der Waals surface area contributed by atoms with Crippen molar-refractivity contribution >= 4 is 15.9 Å². The molecule has 3 unspecified atom stereocenters. The molecule has 1 aromatic heterocycles. The van der Waals surface area contributed by atoms with Gasteiger partial charge in [-0.2, -0.15) is 0 Å². The van der Waals surface area contributed by atoms with E-state index in [1.54, 1.807) is 20.4 Å². The fourth-order valence-corrected chi connectivity index (χ4v) is 3.99. The summed E-state index contributed by atoms with van der Waals surface area (Å²) in [6.45, 7) is 3.18. The van der Waals surface area contributed by atoms with Crippen molar-refractivity contribution in [2.45, 2.75) is 32.1 Å². The second kappa shape index (κ2) is 9.99. The van der Waals surface area contributed by atoms with Gasteiger partial charge in [0.1, 0.15) is 12.9 Å². The van der Waals surface area contributed by atoms with E-state index in [-0.39, 0.29) is 37.3 Å². The van der Waals surface area contributed by atoms with Gasteiger partial charge in [-0.05, 0) is 22.4 Å². The molecule has 154 valence electrons. The molecule has 0 amide bonds. The number of ether oxygens (including phenoxy) is 5. The Bertz CT molecular complexity index is 680. The molecule has 1 N–H and O–H groups in total. The van der Waals surface area contributed by atoms with Crippen LogP contribution < -0.4 is 10.2 Å².